The molecule has 0 atom stereocenters. The van der Waals surface area contributed by atoms with Crippen molar-refractivity contribution in [1.29, 1.82) is 0 Å². The molecule has 0 unspecified atom stereocenters. The van der Waals surface area contributed by atoms with Gasteiger partial charge in [0.25, 0.3) is 6.01 Å². The van der Waals surface area contributed by atoms with Crippen LogP contribution in [0.1, 0.15) is 11.5 Å². The van der Waals surface area contributed by atoms with Crippen LogP contribution in [0.25, 0.3) is 0 Å². The highest BCUT2D eigenvalue weighted by molar-refractivity contribution is 5.31. The Morgan fingerprint density at radius 3 is 2.93 bits per heavy atom. The fraction of sp³-hybridized carbons (Fsp3) is 0.700. The number of hydrogen-bond acceptors (Lipinski definition) is 5. The van der Waals surface area contributed by atoms with Crippen LogP contribution in [0.2, 0.25) is 0 Å². The molecule has 0 radical (unpaired) electrons. The predicted octanol–water partition coefficient (Wildman–Crippen LogP) is 0.157. The number of fused-ring (bicyclic) bond motifs is 1. The second kappa shape index (κ2) is 3.83. The van der Waals surface area contributed by atoms with E-state index >= 15 is 0 Å². The molecule has 1 saturated heterocycles. The SMILES string of the molecule is C1CN(c2nc3c(o2)COCC3)CCN1. The minimum atomic E-state index is 0.578. The predicted molar refractivity (Wildman–Crippen MR) is 54.9 cm³/mol. The summed E-state index contributed by atoms with van der Waals surface area (Å²) in [7, 11) is 0. The molecule has 1 fully saturated rings. The number of nitrogens with one attached hydrogen (secondary N) is 1. The molecule has 2 aliphatic heterocycles. The molecule has 1 N–H and O–H groups in total. The van der Waals surface area contributed by atoms with Crippen molar-refractivity contribution in [3.05, 3.63) is 11.5 Å². The van der Waals surface area contributed by atoms with Gasteiger partial charge >= 0.3 is 0 Å². The van der Waals surface area contributed by atoms with Crippen molar-refractivity contribution in [2.45, 2.75) is 13.0 Å². The Morgan fingerprint density at radius 2 is 2.13 bits per heavy atom. The van der Waals surface area contributed by atoms with Crippen molar-refractivity contribution in [3.8, 4) is 0 Å². The van der Waals surface area contributed by atoms with Crippen LogP contribution in [0.3, 0.4) is 0 Å². The maximum atomic E-state index is 5.71. The van der Waals surface area contributed by atoms with E-state index in [1.807, 2.05) is 0 Å². The molecular formula is C10H15N3O2. The lowest BCUT2D eigenvalue weighted by Gasteiger charge is -2.25. The lowest BCUT2D eigenvalue weighted by molar-refractivity contribution is 0.0938. The van der Waals surface area contributed by atoms with Crippen molar-refractivity contribution in [1.82, 2.24) is 10.3 Å². The van der Waals surface area contributed by atoms with E-state index in [1.165, 1.54) is 0 Å². The van der Waals surface area contributed by atoms with Crippen molar-refractivity contribution in [2.24, 2.45) is 0 Å². The summed E-state index contributed by atoms with van der Waals surface area (Å²) in [6.45, 7) is 5.29. The number of piperazine rings is 1. The summed E-state index contributed by atoms with van der Waals surface area (Å²) >= 11 is 0. The molecule has 0 saturated carbocycles. The molecule has 3 heterocycles. The first-order chi connectivity index (χ1) is 7.43. The summed E-state index contributed by atoms with van der Waals surface area (Å²) in [5, 5.41) is 3.31. The third-order valence-corrected chi connectivity index (χ3v) is 2.87. The lowest BCUT2D eigenvalue weighted by atomic mass is 10.2. The van der Waals surface area contributed by atoms with E-state index in [4.69, 9.17) is 9.15 Å². The Hall–Kier alpha value is -1.07. The molecule has 15 heavy (non-hydrogen) atoms. The highest BCUT2D eigenvalue weighted by atomic mass is 16.5. The highest BCUT2D eigenvalue weighted by Gasteiger charge is 2.21. The van der Waals surface area contributed by atoms with Crippen LogP contribution < -0.4 is 10.2 Å². The Kier molecular flexibility index (Phi) is 2.34. The van der Waals surface area contributed by atoms with E-state index < -0.39 is 0 Å². The molecule has 0 spiro atoms. The van der Waals surface area contributed by atoms with Gasteiger partial charge in [0.05, 0.1) is 12.3 Å². The molecule has 0 aliphatic carbocycles. The first kappa shape index (κ1) is 9.18. The van der Waals surface area contributed by atoms with Gasteiger partial charge in [0.2, 0.25) is 0 Å². The van der Waals surface area contributed by atoms with Crippen LogP contribution in [0.15, 0.2) is 4.42 Å². The maximum absolute atomic E-state index is 5.71. The number of aromatic nitrogens is 1. The second-order valence-electron chi connectivity index (χ2n) is 3.91. The molecule has 82 valence electrons. The standard InChI is InChI=1S/C10H15N3O2/c1-6-14-7-9-8(1)12-10(15-9)13-4-2-11-3-5-13/h11H,1-7H2. The largest absolute Gasteiger partial charge is 0.426 e. The van der Waals surface area contributed by atoms with Gasteiger partial charge in [0.1, 0.15) is 6.61 Å². The highest BCUT2D eigenvalue weighted by Crippen LogP contribution is 2.23. The molecular weight excluding hydrogens is 194 g/mol. The summed E-state index contributed by atoms with van der Waals surface area (Å²) in [6, 6.07) is 0.770. The summed E-state index contributed by atoms with van der Waals surface area (Å²) in [5.41, 5.74) is 1.08. The van der Waals surface area contributed by atoms with Gasteiger partial charge in [0, 0.05) is 32.6 Å². The molecule has 0 bridgehead atoms. The van der Waals surface area contributed by atoms with Gasteiger partial charge in [-0.25, -0.2) is 0 Å². The molecule has 2 aliphatic rings. The first-order valence-corrected chi connectivity index (χ1v) is 5.45. The smallest absolute Gasteiger partial charge is 0.297 e. The normalized spacial score (nSPS) is 21.5. The van der Waals surface area contributed by atoms with E-state index in [2.05, 4.69) is 15.2 Å². The third kappa shape index (κ3) is 1.72. The Balaban J connectivity index is 1.82. The van der Waals surface area contributed by atoms with Crippen molar-refractivity contribution in [2.75, 3.05) is 37.7 Å². The van der Waals surface area contributed by atoms with Gasteiger partial charge in [-0.05, 0) is 0 Å². The molecule has 3 rings (SSSR count). The van der Waals surface area contributed by atoms with E-state index in [9.17, 15) is 0 Å². The summed E-state index contributed by atoms with van der Waals surface area (Å²) in [5.74, 6) is 0.912. The molecule has 5 nitrogen and oxygen atoms in total. The van der Waals surface area contributed by atoms with E-state index in [0.29, 0.717) is 6.61 Å². The lowest BCUT2D eigenvalue weighted by Crippen LogP contribution is -2.43. The number of anilines is 1. The fourth-order valence-electron chi connectivity index (χ4n) is 2.00. The average Bonchev–Trinajstić information content (AvgIpc) is 2.74. The van der Waals surface area contributed by atoms with Crippen LogP contribution in [0.4, 0.5) is 6.01 Å². The van der Waals surface area contributed by atoms with E-state index in [0.717, 1.165) is 56.7 Å². The van der Waals surface area contributed by atoms with E-state index in [-0.39, 0.29) is 0 Å². The van der Waals surface area contributed by atoms with Gasteiger partial charge < -0.3 is 19.4 Å². The fourth-order valence-corrected chi connectivity index (χ4v) is 2.00. The minimum Gasteiger partial charge on any atom is -0.426 e. The van der Waals surface area contributed by atoms with Gasteiger partial charge in [-0.3, -0.25) is 0 Å². The monoisotopic (exact) mass is 209 g/mol. The van der Waals surface area contributed by atoms with E-state index in [1.54, 1.807) is 0 Å². The maximum Gasteiger partial charge on any atom is 0.297 e. The Morgan fingerprint density at radius 1 is 1.27 bits per heavy atom. The van der Waals surface area contributed by atoms with Gasteiger partial charge in [-0.15, -0.1) is 0 Å². The minimum absolute atomic E-state index is 0.578. The van der Waals surface area contributed by atoms with Gasteiger partial charge in [0.15, 0.2) is 5.76 Å². The topological polar surface area (TPSA) is 50.5 Å². The van der Waals surface area contributed by atoms with Crippen LogP contribution in [-0.2, 0) is 17.8 Å². The van der Waals surface area contributed by atoms with Crippen molar-refractivity contribution >= 4 is 6.01 Å². The summed E-state index contributed by atoms with van der Waals surface area (Å²) in [4.78, 5) is 6.72. The average molecular weight is 209 g/mol. The summed E-state index contributed by atoms with van der Waals surface area (Å²) in [6.07, 6.45) is 0.880. The van der Waals surface area contributed by atoms with Crippen LogP contribution in [0, 0.1) is 0 Å². The number of rotatable bonds is 1. The van der Waals surface area contributed by atoms with Crippen molar-refractivity contribution < 1.29 is 9.15 Å². The molecule has 5 heteroatoms. The number of ether oxygens (including phenoxy) is 1. The first-order valence-electron chi connectivity index (χ1n) is 5.45. The number of hydrogen-bond donors (Lipinski definition) is 1. The second-order valence-corrected chi connectivity index (χ2v) is 3.91. The van der Waals surface area contributed by atoms with Gasteiger partial charge in [-0.2, -0.15) is 4.98 Å². The Bertz CT molecular complexity index is 321. The molecule has 1 aromatic heterocycles. The Labute approximate surface area is 88.4 Å². The zero-order valence-electron chi connectivity index (χ0n) is 8.66. The number of oxazole rings is 1. The quantitative estimate of drug-likeness (QED) is 0.714. The molecule has 1 aromatic rings. The van der Waals surface area contributed by atoms with Gasteiger partial charge in [-0.1, -0.05) is 0 Å². The number of nitrogens with zero attached hydrogens (tertiary/aromatic N) is 2. The molecule has 0 aromatic carbocycles. The van der Waals surface area contributed by atoms with Crippen LogP contribution >= 0.6 is 0 Å². The van der Waals surface area contributed by atoms with Crippen molar-refractivity contribution in [3.63, 3.8) is 0 Å². The van der Waals surface area contributed by atoms with Crippen LogP contribution in [0.5, 0.6) is 0 Å². The zero-order valence-corrected chi connectivity index (χ0v) is 8.66. The van der Waals surface area contributed by atoms with Crippen LogP contribution in [-0.4, -0.2) is 37.8 Å². The molecule has 0 amide bonds. The third-order valence-electron chi connectivity index (χ3n) is 2.87. The zero-order chi connectivity index (χ0) is 10.1. The summed E-state index contributed by atoms with van der Waals surface area (Å²) < 4.78 is 11.0.